The summed E-state index contributed by atoms with van der Waals surface area (Å²) < 4.78 is 5.69. The minimum Gasteiger partial charge on any atom is -0.378 e. The summed E-state index contributed by atoms with van der Waals surface area (Å²) in [5.41, 5.74) is 7.17. The van der Waals surface area contributed by atoms with Gasteiger partial charge in [-0.1, -0.05) is 6.07 Å². The first-order valence-corrected chi connectivity index (χ1v) is 7.26. The van der Waals surface area contributed by atoms with Crippen LogP contribution >= 0.6 is 0 Å². The van der Waals surface area contributed by atoms with E-state index in [9.17, 15) is 0 Å². The molecule has 1 saturated heterocycles. The van der Waals surface area contributed by atoms with Crippen molar-refractivity contribution < 1.29 is 4.74 Å². The topological polar surface area (TPSA) is 51.4 Å². The first kappa shape index (κ1) is 14.3. The summed E-state index contributed by atoms with van der Waals surface area (Å²) in [5.74, 6) is 1.11. The molecule has 4 nitrogen and oxygen atoms in total. The molecule has 1 fully saturated rings. The second-order valence-corrected chi connectivity index (χ2v) is 5.31. The lowest BCUT2D eigenvalue weighted by Gasteiger charge is -2.33. The molecule has 0 saturated carbocycles. The van der Waals surface area contributed by atoms with E-state index in [2.05, 4.69) is 22.9 Å². The fraction of sp³-hybridized carbons (Fsp3) is 0.667. The van der Waals surface area contributed by atoms with Gasteiger partial charge in [-0.15, -0.1) is 0 Å². The Kier molecular flexibility index (Phi) is 5.16. The van der Waals surface area contributed by atoms with Gasteiger partial charge in [-0.3, -0.25) is 0 Å². The average Bonchev–Trinajstić information content (AvgIpc) is 2.40. The Hall–Kier alpha value is -1.13. The van der Waals surface area contributed by atoms with Crippen LogP contribution in [-0.4, -0.2) is 36.8 Å². The maximum absolute atomic E-state index is 5.92. The zero-order valence-electron chi connectivity index (χ0n) is 12.0. The van der Waals surface area contributed by atoms with Gasteiger partial charge in [-0.25, -0.2) is 4.98 Å². The number of aromatic nitrogens is 1. The molecule has 0 radical (unpaired) electrons. The zero-order chi connectivity index (χ0) is 13.7. The molecule has 0 spiro atoms. The molecule has 19 heavy (non-hydrogen) atoms. The maximum atomic E-state index is 5.92. The third kappa shape index (κ3) is 3.91. The van der Waals surface area contributed by atoms with Gasteiger partial charge in [0, 0.05) is 31.9 Å². The van der Waals surface area contributed by atoms with Gasteiger partial charge in [-0.2, -0.15) is 0 Å². The van der Waals surface area contributed by atoms with Crippen molar-refractivity contribution in [3.8, 4) is 0 Å². The fourth-order valence-corrected chi connectivity index (χ4v) is 2.69. The highest BCUT2D eigenvalue weighted by molar-refractivity contribution is 5.47. The highest BCUT2D eigenvalue weighted by atomic mass is 16.5. The van der Waals surface area contributed by atoms with Crippen molar-refractivity contribution in [3.63, 3.8) is 0 Å². The third-order valence-corrected chi connectivity index (χ3v) is 3.55. The van der Waals surface area contributed by atoms with Crippen LogP contribution in [0.2, 0.25) is 0 Å². The van der Waals surface area contributed by atoms with Crippen LogP contribution in [0.5, 0.6) is 0 Å². The summed E-state index contributed by atoms with van der Waals surface area (Å²) in [5, 5.41) is 0. The number of rotatable bonds is 5. The van der Waals surface area contributed by atoms with E-state index in [0.29, 0.717) is 6.10 Å². The zero-order valence-corrected chi connectivity index (χ0v) is 12.0. The second-order valence-electron chi connectivity index (χ2n) is 5.31. The second kappa shape index (κ2) is 6.87. The van der Waals surface area contributed by atoms with Crippen LogP contribution < -0.4 is 10.6 Å². The lowest BCUT2D eigenvalue weighted by Crippen LogP contribution is -2.38. The Bertz CT molecular complexity index is 387. The van der Waals surface area contributed by atoms with E-state index in [1.807, 2.05) is 19.2 Å². The van der Waals surface area contributed by atoms with Crippen molar-refractivity contribution in [2.24, 2.45) is 5.73 Å². The van der Waals surface area contributed by atoms with Crippen molar-refractivity contribution >= 4 is 5.82 Å². The number of hydrogen-bond acceptors (Lipinski definition) is 4. The molecule has 2 rings (SSSR count). The van der Waals surface area contributed by atoms with E-state index in [0.717, 1.165) is 44.8 Å². The van der Waals surface area contributed by atoms with Crippen LogP contribution in [0.25, 0.3) is 0 Å². The van der Waals surface area contributed by atoms with Crippen LogP contribution in [0.1, 0.15) is 32.3 Å². The van der Waals surface area contributed by atoms with E-state index >= 15 is 0 Å². The molecule has 0 bridgehead atoms. The van der Waals surface area contributed by atoms with Gasteiger partial charge in [0.15, 0.2) is 0 Å². The van der Waals surface area contributed by atoms with Crippen LogP contribution in [0.15, 0.2) is 18.3 Å². The Morgan fingerprint density at radius 1 is 1.47 bits per heavy atom. The normalized spacial score (nSPS) is 18.6. The van der Waals surface area contributed by atoms with E-state index < -0.39 is 0 Å². The van der Waals surface area contributed by atoms with E-state index in [-0.39, 0.29) is 6.04 Å². The number of piperidine rings is 1. The monoisotopic (exact) mass is 263 g/mol. The number of hydrogen-bond donors (Lipinski definition) is 1. The molecule has 1 aliphatic rings. The molecule has 0 aliphatic carbocycles. The average molecular weight is 263 g/mol. The number of anilines is 1. The van der Waals surface area contributed by atoms with Crippen molar-refractivity contribution in [1.29, 1.82) is 0 Å². The van der Waals surface area contributed by atoms with Crippen LogP contribution in [0.3, 0.4) is 0 Å². The van der Waals surface area contributed by atoms with Gasteiger partial charge in [0.25, 0.3) is 0 Å². The lowest BCUT2D eigenvalue weighted by molar-refractivity contribution is 0.0458. The molecule has 1 aliphatic heterocycles. The SMILES string of the molecule is CCOC1CCN(c2ncccc2CC(C)N)CC1. The summed E-state index contributed by atoms with van der Waals surface area (Å²) in [7, 11) is 0. The quantitative estimate of drug-likeness (QED) is 0.882. The van der Waals surface area contributed by atoms with Gasteiger partial charge in [0.05, 0.1) is 6.10 Å². The minimum absolute atomic E-state index is 0.170. The third-order valence-electron chi connectivity index (χ3n) is 3.55. The van der Waals surface area contributed by atoms with Crippen molar-refractivity contribution in [3.05, 3.63) is 23.9 Å². The highest BCUT2D eigenvalue weighted by Gasteiger charge is 2.21. The van der Waals surface area contributed by atoms with Gasteiger partial charge in [0.1, 0.15) is 5.82 Å². The molecule has 106 valence electrons. The predicted molar refractivity (Wildman–Crippen MR) is 78.5 cm³/mol. The van der Waals surface area contributed by atoms with Crippen molar-refractivity contribution in [2.75, 3.05) is 24.6 Å². The molecular weight excluding hydrogens is 238 g/mol. The van der Waals surface area contributed by atoms with E-state index in [1.54, 1.807) is 0 Å². The fourth-order valence-electron chi connectivity index (χ4n) is 2.69. The Morgan fingerprint density at radius 2 is 2.21 bits per heavy atom. The van der Waals surface area contributed by atoms with E-state index in [1.165, 1.54) is 5.56 Å². The summed E-state index contributed by atoms with van der Waals surface area (Å²) >= 11 is 0. The number of nitrogens with two attached hydrogens (primary N) is 1. The standard InChI is InChI=1S/C15H25N3O/c1-3-19-14-6-9-18(10-7-14)15-13(11-12(2)16)5-4-8-17-15/h4-5,8,12,14H,3,6-7,9-11,16H2,1-2H3. The molecule has 1 unspecified atom stereocenters. The molecular formula is C15H25N3O. The van der Waals surface area contributed by atoms with E-state index in [4.69, 9.17) is 10.5 Å². The minimum atomic E-state index is 0.170. The molecule has 0 amide bonds. The molecule has 2 heterocycles. The van der Waals surface area contributed by atoms with Gasteiger partial charge in [-0.05, 0) is 44.7 Å². The summed E-state index contributed by atoms with van der Waals surface area (Å²) in [6, 6.07) is 4.30. The first-order chi connectivity index (χ1) is 9.20. The molecule has 1 aromatic heterocycles. The lowest BCUT2D eigenvalue weighted by atomic mass is 10.0. The molecule has 4 heteroatoms. The summed E-state index contributed by atoms with van der Waals surface area (Å²) in [6.07, 6.45) is 5.34. The predicted octanol–water partition coefficient (Wildman–Crippen LogP) is 1.98. The summed E-state index contributed by atoms with van der Waals surface area (Å²) in [6.45, 7) is 6.95. The Morgan fingerprint density at radius 3 is 2.84 bits per heavy atom. The smallest absolute Gasteiger partial charge is 0.131 e. The van der Waals surface area contributed by atoms with Gasteiger partial charge >= 0.3 is 0 Å². The molecule has 1 atom stereocenters. The Balaban J connectivity index is 2.02. The molecule has 0 aromatic carbocycles. The van der Waals surface area contributed by atoms with Crippen molar-refractivity contribution in [2.45, 2.75) is 45.3 Å². The summed E-state index contributed by atoms with van der Waals surface area (Å²) in [4.78, 5) is 6.92. The van der Waals surface area contributed by atoms with Gasteiger partial charge < -0.3 is 15.4 Å². The largest absolute Gasteiger partial charge is 0.378 e. The van der Waals surface area contributed by atoms with Crippen LogP contribution in [-0.2, 0) is 11.2 Å². The number of pyridine rings is 1. The number of nitrogens with zero attached hydrogens (tertiary/aromatic N) is 2. The number of ether oxygens (including phenoxy) is 1. The maximum Gasteiger partial charge on any atom is 0.131 e. The Labute approximate surface area is 116 Å². The van der Waals surface area contributed by atoms with Gasteiger partial charge in [0.2, 0.25) is 0 Å². The first-order valence-electron chi connectivity index (χ1n) is 7.26. The highest BCUT2D eigenvalue weighted by Crippen LogP contribution is 2.23. The van der Waals surface area contributed by atoms with Crippen LogP contribution in [0.4, 0.5) is 5.82 Å². The molecule has 1 aromatic rings. The van der Waals surface area contributed by atoms with Crippen LogP contribution in [0, 0.1) is 0 Å². The molecule has 2 N–H and O–H groups in total. The van der Waals surface area contributed by atoms with Crippen molar-refractivity contribution in [1.82, 2.24) is 4.98 Å².